The molecule has 1 aromatic rings. The van der Waals surface area contributed by atoms with Gasteiger partial charge in [0.25, 0.3) is 5.91 Å². The molecule has 0 spiro atoms. The van der Waals surface area contributed by atoms with E-state index in [2.05, 4.69) is 0 Å². The Kier molecular flexibility index (Phi) is 5.39. The first kappa shape index (κ1) is 18.5. The lowest BCUT2D eigenvalue weighted by molar-refractivity contribution is -0.123. The molecule has 1 aromatic carbocycles. The highest BCUT2D eigenvalue weighted by atomic mass is 35.5. The lowest BCUT2D eigenvalue weighted by Crippen LogP contribution is -2.41. The number of nitrogens with zero attached hydrogens (tertiary/aromatic N) is 2. The number of nitrogens with two attached hydrogens (primary N) is 1. The number of benzene rings is 1. The van der Waals surface area contributed by atoms with Crippen LogP contribution in [0.3, 0.4) is 0 Å². The van der Waals surface area contributed by atoms with Gasteiger partial charge in [-0.25, -0.2) is 8.42 Å². The monoisotopic (exact) mass is 373 g/mol. The third-order valence-electron chi connectivity index (χ3n) is 4.23. The normalized spacial score (nSPS) is 16.0. The molecule has 1 heterocycles. The summed E-state index contributed by atoms with van der Waals surface area (Å²) in [5, 5.41) is 0.252. The molecule has 0 radical (unpaired) electrons. The number of sulfonamides is 1. The second-order valence-electron chi connectivity index (χ2n) is 5.86. The van der Waals surface area contributed by atoms with Crippen molar-refractivity contribution in [3.63, 3.8) is 0 Å². The van der Waals surface area contributed by atoms with Crippen LogP contribution in [0.25, 0.3) is 0 Å². The van der Waals surface area contributed by atoms with E-state index in [4.69, 9.17) is 17.3 Å². The van der Waals surface area contributed by atoms with Crippen molar-refractivity contribution in [3.8, 4) is 0 Å². The molecule has 0 aromatic heterocycles. The van der Waals surface area contributed by atoms with E-state index in [0.717, 1.165) is 10.6 Å². The molecule has 7 nitrogen and oxygen atoms in total. The van der Waals surface area contributed by atoms with E-state index in [1.54, 1.807) is 11.0 Å². The van der Waals surface area contributed by atoms with Gasteiger partial charge in [-0.1, -0.05) is 11.6 Å². The van der Waals surface area contributed by atoms with Gasteiger partial charge in [0, 0.05) is 26.1 Å². The fraction of sp³-hybridized carbons (Fsp3) is 0.467. The van der Waals surface area contributed by atoms with Crippen molar-refractivity contribution in [3.05, 3.63) is 28.8 Å². The van der Waals surface area contributed by atoms with Crippen LogP contribution in [0.1, 0.15) is 23.2 Å². The molecule has 2 rings (SSSR count). The lowest BCUT2D eigenvalue weighted by atomic mass is 9.96. The Bertz CT molecular complexity index is 758. The minimum atomic E-state index is -3.44. The van der Waals surface area contributed by atoms with Crippen LogP contribution in [-0.2, 0) is 14.8 Å². The molecule has 1 aliphatic heterocycles. The lowest BCUT2D eigenvalue weighted by Gasteiger charge is -2.31. The van der Waals surface area contributed by atoms with Crippen molar-refractivity contribution in [2.24, 2.45) is 11.7 Å². The van der Waals surface area contributed by atoms with Gasteiger partial charge in [0.2, 0.25) is 15.9 Å². The van der Waals surface area contributed by atoms with Gasteiger partial charge in [-0.15, -0.1) is 0 Å². The predicted molar refractivity (Wildman–Crippen MR) is 92.5 cm³/mol. The topological polar surface area (TPSA) is 101 Å². The molecule has 1 fully saturated rings. The molecule has 0 bridgehead atoms. The summed E-state index contributed by atoms with van der Waals surface area (Å²) in [5.41, 5.74) is 5.89. The number of hydrogen-bond donors (Lipinski definition) is 1. The van der Waals surface area contributed by atoms with Gasteiger partial charge >= 0.3 is 0 Å². The van der Waals surface area contributed by atoms with Crippen LogP contribution >= 0.6 is 11.6 Å². The molecule has 9 heteroatoms. The van der Waals surface area contributed by atoms with Crippen molar-refractivity contribution < 1.29 is 18.0 Å². The second kappa shape index (κ2) is 6.98. The summed E-state index contributed by atoms with van der Waals surface area (Å²) >= 11 is 6.12. The van der Waals surface area contributed by atoms with Crippen LogP contribution in [0.5, 0.6) is 0 Å². The van der Waals surface area contributed by atoms with E-state index in [9.17, 15) is 18.0 Å². The maximum Gasteiger partial charge on any atom is 0.255 e. The number of carbonyl (C=O) groups excluding carboxylic acids is 2. The van der Waals surface area contributed by atoms with Crippen LogP contribution in [-0.4, -0.2) is 51.5 Å². The first-order valence-electron chi connectivity index (χ1n) is 7.43. The van der Waals surface area contributed by atoms with Gasteiger partial charge in [0.1, 0.15) is 0 Å². The predicted octanol–water partition coefficient (Wildman–Crippen LogP) is 1.07. The van der Waals surface area contributed by atoms with Crippen LogP contribution in [0.2, 0.25) is 5.02 Å². The van der Waals surface area contributed by atoms with Gasteiger partial charge in [-0.2, -0.15) is 0 Å². The van der Waals surface area contributed by atoms with E-state index in [-0.39, 0.29) is 28.3 Å². The van der Waals surface area contributed by atoms with Gasteiger partial charge in [0.15, 0.2) is 0 Å². The summed E-state index contributed by atoms with van der Waals surface area (Å²) < 4.78 is 24.4. The summed E-state index contributed by atoms with van der Waals surface area (Å²) in [6.07, 6.45) is 2.11. The van der Waals surface area contributed by atoms with Crippen LogP contribution in [0.4, 0.5) is 5.69 Å². The molecule has 24 heavy (non-hydrogen) atoms. The van der Waals surface area contributed by atoms with Gasteiger partial charge in [-0.3, -0.25) is 13.9 Å². The molecular weight excluding hydrogens is 354 g/mol. The third-order valence-corrected chi connectivity index (χ3v) is 5.76. The Morgan fingerprint density at radius 1 is 1.29 bits per heavy atom. The molecule has 0 unspecified atom stereocenters. The van der Waals surface area contributed by atoms with Crippen molar-refractivity contribution in [2.75, 3.05) is 30.7 Å². The Labute approximate surface area is 146 Å². The zero-order valence-corrected chi connectivity index (χ0v) is 15.1. The van der Waals surface area contributed by atoms with E-state index in [1.165, 1.54) is 19.2 Å². The number of halogens is 1. The molecule has 132 valence electrons. The van der Waals surface area contributed by atoms with Crippen molar-refractivity contribution >= 4 is 39.1 Å². The summed E-state index contributed by atoms with van der Waals surface area (Å²) in [4.78, 5) is 25.5. The van der Waals surface area contributed by atoms with Crippen LogP contribution in [0, 0.1) is 5.92 Å². The summed E-state index contributed by atoms with van der Waals surface area (Å²) in [6, 6.07) is 4.51. The van der Waals surface area contributed by atoms with Crippen molar-refractivity contribution in [1.82, 2.24) is 4.90 Å². The van der Waals surface area contributed by atoms with Crippen LogP contribution < -0.4 is 10.0 Å². The SMILES string of the molecule is CN(c1ccc(Cl)c(C(=O)N2CCC(C(N)=O)CC2)c1)S(C)(=O)=O. The smallest absolute Gasteiger partial charge is 0.255 e. The number of primary amides is 1. The maximum atomic E-state index is 12.7. The highest BCUT2D eigenvalue weighted by Gasteiger charge is 2.28. The number of anilines is 1. The maximum absolute atomic E-state index is 12.7. The zero-order chi connectivity index (χ0) is 18.1. The summed E-state index contributed by atoms with van der Waals surface area (Å²) in [6.45, 7) is 0.823. The van der Waals surface area contributed by atoms with Crippen molar-refractivity contribution in [1.29, 1.82) is 0 Å². The van der Waals surface area contributed by atoms with Crippen molar-refractivity contribution in [2.45, 2.75) is 12.8 Å². The Morgan fingerprint density at radius 2 is 1.88 bits per heavy atom. The number of likely N-dealkylation sites (tertiary alicyclic amines) is 1. The minimum absolute atomic E-state index is 0.216. The number of rotatable bonds is 4. The molecule has 1 saturated heterocycles. The van der Waals surface area contributed by atoms with Gasteiger partial charge in [0.05, 0.1) is 22.5 Å². The average molecular weight is 374 g/mol. The second-order valence-corrected chi connectivity index (χ2v) is 8.28. The molecule has 0 aliphatic carbocycles. The summed E-state index contributed by atoms with van der Waals surface area (Å²) in [7, 11) is -2.03. The standard InChI is InChI=1S/C15H20ClN3O4S/c1-18(24(2,22)23)11-3-4-13(16)12(9-11)15(21)19-7-5-10(6-8-19)14(17)20/h3-4,9-10H,5-8H2,1-2H3,(H2,17,20). The zero-order valence-electron chi connectivity index (χ0n) is 13.5. The highest BCUT2D eigenvalue weighted by molar-refractivity contribution is 7.92. The largest absolute Gasteiger partial charge is 0.369 e. The molecule has 2 amide bonds. The quantitative estimate of drug-likeness (QED) is 0.853. The fourth-order valence-corrected chi connectivity index (χ4v) is 3.30. The van der Waals surface area contributed by atoms with E-state index >= 15 is 0 Å². The van der Waals surface area contributed by atoms with E-state index in [0.29, 0.717) is 31.6 Å². The van der Waals surface area contributed by atoms with Gasteiger partial charge in [-0.05, 0) is 31.0 Å². The van der Waals surface area contributed by atoms with Gasteiger partial charge < -0.3 is 10.6 Å². The molecule has 1 aliphatic rings. The highest BCUT2D eigenvalue weighted by Crippen LogP contribution is 2.27. The Morgan fingerprint density at radius 3 is 2.38 bits per heavy atom. The molecular formula is C15H20ClN3O4S. The summed E-state index contributed by atoms with van der Waals surface area (Å²) in [5.74, 6) is -0.851. The fourth-order valence-electron chi connectivity index (χ4n) is 2.60. The number of hydrogen-bond acceptors (Lipinski definition) is 4. The number of amides is 2. The third kappa shape index (κ3) is 3.99. The Balaban J connectivity index is 2.22. The first-order chi connectivity index (χ1) is 11.1. The molecule has 0 atom stereocenters. The Hall–Kier alpha value is -1.80. The first-order valence-corrected chi connectivity index (χ1v) is 9.66. The average Bonchev–Trinajstić information content (AvgIpc) is 2.53. The number of piperidine rings is 1. The molecule has 2 N–H and O–H groups in total. The van der Waals surface area contributed by atoms with Crippen LogP contribution in [0.15, 0.2) is 18.2 Å². The minimum Gasteiger partial charge on any atom is -0.369 e. The molecule has 0 saturated carbocycles. The van der Waals surface area contributed by atoms with E-state index in [1.807, 2.05) is 0 Å². The van der Waals surface area contributed by atoms with E-state index < -0.39 is 10.0 Å². The number of carbonyl (C=O) groups is 2.